The Morgan fingerprint density at radius 3 is 2.58 bits per heavy atom. The summed E-state index contributed by atoms with van der Waals surface area (Å²) in [7, 11) is 0.0873. The SMILES string of the molecule is CCCOc1ccc(S(=O)(=O)NCC(C)(C)CN(C)C)cc1-c1nc2[nH]c(=O)n3c(CCC)nnc3c2[nH]1. The van der Waals surface area contributed by atoms with E-state index in [0.29, 0.717) is 52.8 Å². The van der Waals surface area contributed by atoms with Crippen LogP contribution in [-0.2, 0) is 16.4 Å². The molecule has 206 valence electrons. The quantitative estimate of drug-likeness (QED) is 0.246. The first-order valence-corrected chi connectivity index (χ1v) is 14.2. The number of aromatic nitrogens is 6. The molecule has 0 aliphatic heterocycles. The van der Waals surface area contributed by atoms with Crippen LogP contribution >= 0.6 is 0 Å². The van der Waals surface area contributed by atoms with Crippen molar-refractivity contribution in [2.45, 2.75) is 51.9 Å². The Kier molecular flexibility index (Phi) is 7.90. The number of ether oxygens (including phenoxy) is 1. The predicted molar refractivity (Wildman–Crippen MR) is 146 cm³/mol. The number of hydrogen-bond donors (Lipinski definition) is 3. The van der Waals surface area contributed by atoms with Gasteiger partial charge in [0, 0.05) is 19.5 Å². The van der Waals surface area contributed by atoms with E-state index < -0.39 is 10.0 Å². The van der Waals surface area contributed by atoms with Crippen molar-refractivity contribution in [3.8, 4) is 17.1 Å². The summed E-state index contributed by atoms with van der Waals surface area (Å²) >= 11 is 0. The van der Waals surface area contributed by atoms with Crippen molar-refractivity contribution in [1.82, 2.24) is 39.2 Å². The lowest BCUT2D eigenvalue weighted by Crippen LogP contribution is -2.39. The van der Waals surface area contributed by atoms with Gasteiger partial charge in [-0.2, -0.15) is 0 Å². The fourth-order valence-corrected chi connectivity index (χ4v) is 5.74. The molecule has 0 aliphatic rings. The van der Waals surface area contributed by atoms with Crippen LogP contribution < -0.4 is 15.1 Å². The zero-order valence-corrected chi connectivity index (χ0v) is 23.6. The number of nitrogens with zero attached hydrogens (tertiary/aromatic N) is 5. The smallest absolute Gasteiger partial charge is 0.334 e. The molecule has 1 aromatic carbocycles. The van der Waals surface area contributed by atoms with Gasteiger partial charge in [-0.3, -0.25) is 4.98 Å². The van der Waals surface area contributed by atoms with Crippen LogP contribution in [0.1, 0.15) is 46.4 Å². The molecule has 4 rings (SSSR count). The minimum Gasteiger partial charge on any atom is -0.493 e. The molecule has 13 heteroatoms. The maximum Gasteiger partial charge on any atom is 0.334 e. The molecule has 0 atom stereocenters. The van der Waals surface area contributed by atoms with Gasteiger partial charge in [-0.05, 0) is 50.6 Å². The topological polar surface area (TPSA) is 150 Å². The standard InChI is InChI=1S/C25H36N8O4S/c1-7-9-19-30-31-23-20-22(29-24(34)33(19)23)28-21(27-20)17-13-16(10-11-18(17)37-12-8-2)38(35,36)26-14-25(3,4)15-32(5)6/h10-11,13,26H,7-9,12,14-15H2,1-6H3,(H,27,28)(H,29,34). The zero-order valence-electron chi connectivity index (χ0n) is 22.8. The van der Waals surface area contributed by atoms with Gasteiger partial charge >= 0.3 is 5.69 Å². The lowest BCUT2D eigenvalue weighted by molar-refractivity contribution is 0.242. The second kappa shape index (κ2) is 10.8. The number of fused-ring (bicyclic) bond motifs is 3. The molecule has 4 aromatic rings. The van der Waals surface area contributed by atoms with Gasteiger partial charge in [0.1, 0.15) is 22.9 Å². The first kappa shape index (κ1) is 27.7. The molecule has 0 radical (unpaired) electrons. The Bertz CT molecular complexity index is 1600. The number of hydrogen-bond acceptors (Lipinski definition) is 8. The van der Waals surface area contributed by atoms with Gasteiger partial charge in [-0.25, -0.2) is 27.3 Å². The van der Waals surface area contributed by atoms with Crippen molar-refractivity contribution in [3.05, 3.63) is 34.5 Å². The van der Waals surface area contributed by atoms with Crippen LogP contribution in [-0.4, -0.2) is 76.7 Å². The van der Waals surface area contributed by atoms with E-state index in [9.17, 15) is 13.2 Å². The Labute approximate surface area is 221 Å². The van der Waals surface area contributed by atoms with Crippen molar-refractivity contribution in [1.29, 1.82) is 0 Å². The Morgan fingerprint density at radius 2 is 1.89 bits per heavy atom. The summed E-state index contributed by atoms with van der Waals surface area (Å²) in [5.74, 6) is 1.38. The number of aryl methyl sites for hydroxylation is 1. The minimum atomic E-state index is -3.82. The molecule has 3 heterocycles. The van der Waals surface area contributed by atoms with Crippen molar-refractivity contribution < 1.29 is 13.2 Å². The number of sulfonamides is 1. The predicted octanol–water partition coefficient (Wildman–Crippen LogP) is 2.57. The van der Waals surface area contributed by atoms with E-state index in [1.807, 2.05) is 46.7 Å². The van der Waals surface area contributed by atoms with E-state index in [1.54, 1.807) is 6.07 Å². The molecule has 0 fully saturated rings. The zero-order chi connectivity index (χ0) is 27.7. The van der Waals surface area contributed by atoms with Crippen LogP contribution in [0, 0.1) is 5.41 Å². The van der Waals surface area contributed by atoms with Crippen LogP contribution in [0.5, 0.6) is 5.75 Å². The van der Waals surface area contributed by atoms with Crippen LogP contribution in [0.2, 0.25) is 0 Å². The Hall–Kier alpha value is -3.29. The molecule has 38 heavy (non-hydrogen) atoms. The van der Waals surface area contributed by atoms with Gasteiger partial charge in [-0.1, -0.05) is 27.7 Å². The van der Waals surface area contributed by atoms with Crippen molar-refractivity contribution in [2.75, 3.05) is 33.8 Å². The minimum absolute atomic E-state index is 0.0869. The molecule has 0 aliphatic carbocycles. The largest absolute Gasteiger partial charge is 0.493 e. The van der Waals surface area contributed by atoms with Crippen LogP contribution in [0.25, 0.3) is 28.2 Å². The van der Waals surface area contributed by atoms with E-state index >= 15 is 0 Å². The molecule has 0 bridgehead atoms. The van der Waals surface area contributed by atoms with Gasteiger partial charge in [-0.15, -0.1) is 10.2 Å². The maximum atomic E-state index is 13.3. The normalized spacial score (nSPS) is 12.7. The summed E-state index contributed by atoms with van der Waals surface area (Å²) in [6.45, 7) is 9.44. The summed E-state index contributed by atoms with van der Waals surface area (Å²) in [4.78, 5) is 25.4. The number of rotatable bonds is 12. The second-order valence-electron chi connectivity index (χ2n) is 10.5. The van der Waals surface area contributed by atoms with Crippen molar-refractivity contribution in [3.63, 3.8) is 0 Å². The number of aromatic amines is 2. The molecule has 3 N–H and O–H groups in total. The molecule has 3 aromatic heterocycles. The van der Waals surface area contributed by atoms with Crippen LogP contribution in [0.15, 0.2) is 27.9 Å². The molecular weight excluding hydrogens is 508 g/mol. The average molecular weight is 545 g/mol. The summed E-state index contributed by atoms with van der Waals surface area (Å²) in [6.07, 6.45) is 2.19. The summed E-state index contributed by atoms with van der Waals surface area (Å²) in [5.41, 5.74) is 0.947. The second-order valence-corrected chi connectivity index (χ2v) is 12.3. The molecule has 0 spiro atoms. The summed E-state index contributed by atoms with van der Waals surface area (Å²) in [5, 5.41) is 8.38. The van der Waals surface area contributed by atoms with Crippen LogP contribution in [0.3, 0.4) is 0 Å². The van der Waals surface area contributed by atoms with Crippen molar-refractivity contribution >= 4 is 26.8 Å². The van der Waals surface area contributed by atoms with E-state index in [0.717, 1.165) is 19.4 Å². The third kappa shape index (κ3) is 5.74. The molecular formula is C25H36N8O4S. The maximum absolute atomic E-state index is 13.3. The highest BCUT2D eigenvalue weighted by molar-refractivity contribution is 7.89. The number of benzene rings is 1. The summed E-state index contributed by atoms with van der Waals surface area (Å²) in [6, 6.07) is 4.69. The fourth-order valence-electron chi connectivity index (χ4n) is 4.47. The third-order valence-corrected chi connectivity index (χ3v) is 7.42. The highest BCUT2D eigenvalue weighted by Gasteiger charge is 2.25. The Balaban J connectivity index is 1.78. The monoisotopic (exact) mass is 544 g/mol. The van der Waals surface area contributed by atoms with E-state index in [-0.39, 0.29) is 22.5 Å². The van der Waals surface area contributed by atoms with Gasteiger partial charge in [0.15, 0.2) is 11.3 Å². The highest BCUT2D eigenvalue weighted by atomic mass is 32.2. The van der Waals surface area contributed by atoms with Crippen molar-refractivity contribution in [2.24, 2.45) is 5.41 Å². The van der Waals surface area contributed by atoms with Crippen LogP contribution in [0.4, 0.5) is 0 Å². The average Bonchev–Trinajstić information content (AvgIpc) is 3.46. The first-order valence-electron chi connectivity index (χ1n) is 12.7. The first-order chi connectivity index (χ1) is 18.0. The number of H-pyrrole nitrogens is 2. The Morgan fingerprint density at radius 1 is 1.13 bits per heavy atom. The lowest BCUT2D eigenvalue weighted by Gasteiger charge is -2.28. The molecule has 12 nitrogen and oxygen atoms in total. The fraction of sp³-hybridized carbons (Fsp3) is 0.520. The molecule has 0 amide bonds. The highest BCUT2D eigenvalue weighted by Crippen LogP contribution is 2.32. The molecule has 0 saturated heterocycles. The molecule has 0 saturated carbocycles. The van der Waals surface area contributed by atoms with E-state index in [1.165, 1.54) is 16.5 Å². The van der Waals surface area contributed by atoms with Gasteiger partial charge in [0.25, 0.3) is 0 Å². The van der Waals surface area contributed by atoms with E-state index in [2.05, 4.69) is 29.9 Å². The number of imidazole rings is 1. The van der Waals surface area contributed by atoms with Gasteiger partial charge < -0.3 is 14.6 Å². The van der Waals surface area contributed by atoms with Gasteiger partial charge in [0.2, 0.25) is 10.0 Å². The number of nitrogens with one attached hydrogen (secondary N) is 3. The molecule has 0 unspecified atom stereocenters. The lowest BCUT2D eigenvalue weighted by atomic mass is 9.93. The van der Waals surface area contributed by atoms with Gasteiger partial charge in [0.05, 0.1) is 17.1 Å². The summed E-state index contributed by atoms with van der Waals surface area (Å²) < 4.78 is 36.6. The van der Waals surface area contributed by atoms with E-state index in [4.69, 9.17) is 4.74 Å². The third-order valence-electron chi connectivity index (χ3n) is 6.02.